The summed E-state index contributed by atoms with van der Waals surface area (Å²) < 4.78 is 5.82. The van der Waals surface area contributed by atoms with Gasteiger partial charge >= 0.3 is 0 Å². The minimum Gasteiger partial charge on any atom is -0.494 e. The molecule has 106 valence electrons. The van der Waals surface area contributed by atoms with Crippen molar-refractivity contribution in [1.29, 1.82) is 0 Å². The van der Waals surface area contributed by atoms with Crippen LogP contribution in [-0.4, -0.2) is 6.61 Å². The maximum atomic E-state index is 5.82. The van der Waals surface area contributed by atoms with Crippen molar-refractivity contribution >= 4 is 5.69 Å². The number of nitrogen functional groups attached to an aromatic ring is 1. The van der Waals surface area contributed by atoms with E-state index in [1.54, 1.807) is 0 Å². The average molecular weight is 269 g/mol. The van der Waals surface area contributed by atoms with Crippen LogP contribution in [0.4, 0.5) is 5.69 Å². The Morgan fingerprint density at radius 2 is 1.85 bits per heavy atom. The molecule has 2 nitrogen and oxygen atoms in total. The Labute approximate surface area is 121 Å². The minimum absolute atomic E-state index is 0.533. The van der Waals surface area contributed by atoms with Crippen LogP contribution in [0, 0.1) is 0 Å². The lowest BCUT2D eigenvalue weighted by molar-refractivity contribution is 0.310. The third kappa shape index (κ3) is 4.30. The first-order valence-electron chi connectivity index (χ1n) is 7.22. The zero-order valence-electron chi connectivity index (χ0n) is 12.3. The summed E-state index contributed by atoms with van der Waals surface area (Å²) in [5, 5.41) is 0. The number of aryl methyl sites for hydroxylation is 1. The zero-order valence-corrected chi connectivity index (χ0v) is 12.3. The molecule has 2 aromatic carbocycles. The van der Waals surface area contributed by atoms with E-state index >= 15 is 0 Å². The fraction of sp³-hybridized carbons (Fsp3) is 0.333. The van der Waals surface area contributed by atoms with E-state index in [0.29, 0.717) is 5.92 Å². The standard InChI is InChI=1S/C18H23NO/c1-14(2)16-8-4-10-18(13-16)20-11-5-7-15-6-3-9-17(19)12-15/h3-4,6,8-10,12-14H,5,7,11,19H2,1-2H3. The van der Waals surface area contributed by atoms with E-state index < -0.39 is 0 Å². The van der Waals surface area contributed by atoms with E-state index in [2.05, 4.69) is 38.1 Å². The summed E-state index contributed by atoms with van der Waals surface area (Å²) in [4.78, 5) is 0. The number of nitrogens with two attached hydrogens (primary N) is 1. The molecule has 0 spiro atoms. The number of ether oxygens (including phenoxy) is 1. The molecule has 0 amide bonds. The molecule has 0 aliphatic carbocycles. The maximum absolute atomic E-state index is 5.82. The fourth-order valence-corrected chi connectivity index (χ4v) is 2.18. The van der Waals surface area contributed by atoms with Crippen molar-refractivity contribution in [2.24, 2.45) is 0 Å². The summed E-state index contributed by atoms with van der Waals surface area (Å²) in [6.45, 7) is 5.12. The van der Waals surface area contributed by atoms with Gasteiger partial charge in [0, 0.05) is 5.69 Å². The van der Waals surface area contributed by atoms with Gasteiger partial charge in [0.2, 0.25) is 0 Å². The van der Waals surface area contributed by atoms with Crippen molar-refractivity contribution in [3.05, 3.63) is 59.7 Å². The highest BCUT2D eigenvalue weighted by Gasteiger charge is 2.01. The van der Waals surface area contributed by atoms with Crippen LogP contribution in [0.2, 0.25) is 0 Å². The van der Waals surface area contributed by atoms with Crippen molar-refractivity contribution < 1.29 is 4.74 Å². The molecule has 20 heavy (non-hydrogen) atoms. The molecule has 0 bridgehead atoms. The molecule has 0 saturated heterocycles. The number of benzene rings is 2. The van der Waals surface area contributed by atoms with E-state index in [0.717, 1.165) is 30.9 Å². The number of anilines is 1. The van der Waals surface area contributed by atoms with Crippen LogP contribution < -0.4 is 10.5 Å². The van der Waals surface area contributed by atoms with Crippen LogP contribution in [0.1, 0.15) is 37.3 Å². The quantitative estimate of drug-likeness (QED) is 0.623. The Bertz CT molecular complexity index is 549. The van der Waals surface area contributed by atoms with Crippen LogP contribution in [0.15, 0.2) is 48.5 Å². The monoisotopic (exact) mass is 269 g/mol. The van der Waals surface area contributed by atoms with Gasteiger partial charge in [-0.2, -0.15) is 0 Å². The second-order valence-electron chi connectivity index (χ2n) is 5.42. The molecule has 2 aromatic rings. The van der Waals surface area contributed by atoms with Crippen LogP contribution in [-0.2, 0) is 6.42 Å². The lowest BCUT2D eigenvalue weighted by Gasteiger charge is -2.10. The minimum atomic E-state index is 0.533. The summed E-state index contributed by atoms with van der Waals surface area (Å²) >= 11 is 0. The van der Waals surface area contributed by atoms with Gasteiger partial charge in [0.05, 0.1) is 6.61 Å². The molecule has 0 atom stereocenters. The third-order valence-electron chi connectivity index (χ3n) is 3.35. The molecule has 0 unspecified atom stereocenters. The molecule has 2 rings (SSSR count). The average Bonchev–Trinajstić information content (AvgIpc) is 2.44. The first-order valence-corrected chi connectivity index (χ1v) is 7.22. The van der Waals surface area contributed by atoms with E-state index in [9.17, 15) is 0 Å². The Balaban J connectivity index is 1.80. The van der Waals surface area contributed by atoms with Gasteiger partial charge in [0.25, 0.3) is 0 Å². The van der Waals surface area contributed by atoms with E-state index in [1.807, 2.05) is 24.3 Å². The van der Waals surface area contributed by atoms with Gasteiger partial charge in [-0.1, -0.05) is 38.1 Å². The Kier molecular flexibility index (Phi) is 5.05. The van der Waals surface area contributed by atoms with Crippen molar-refractivity contribution in [2.75, 3.05) is 12.3 Å². The maximum Gasteiger partial charge on any atom is 0.119 e. The molecule has 2 N–H and O–H groups in total. The first kappa shape index (κ1) is 14.4. The highest BCUT2D eigenvalue weighted by Crippen LogP contribution is 2.20. The van der Waals surface area contributed by atoms with Crippen molar-refractivity contribution in [2.45, 2.75) is 32.6 Å². The summed E-state index contributed by atoms with van der Waals surface area (Å²) in [5.41, 5.74) is 9.18. The second-order valence-corrected chi connectivity index (χ2v) is 5.42. The Hall–Kier alpha value is -1.96. The van der Waals surface area contributed by atoms with Gasteiger partial charge in [-0.15, -0.1) is 0 Å². The van der Waals surface area contributed by atoms with Gasteiger partial charge in [0.1, 0.15) is 5.75 Å². The predicted molar refractivity (Wildman–Crippen MR) is 85.2 cm³/mol. The van der Waals surface area contributed by atoms with E-state index in [-0.39, 0.29) is 0 Å². The highest BCUT2D eigenvalue weighted by molar-refractivity contribution is 5.40. The molecular weight excluding hydrogens is 246 g/mol. The summed E-state index contributed by atoms with van der Waals surface area (Å²) in [5.74, 6) is 1.50. The van der Waals surface area contributed by atoms with Crippen LogP contribution >= 0.6 is 0 Å². The lowest BCUT2D eigenvalue weighted by atomic mass is 10.0. The molecule has 0 saturated carbocycles. The number of hydrogen-bond acceptors (Lipinski definition) is 2. The van der Waals surface area contributed by atoms with Crippen LogP contribution in [0.25, 0.3) is 0 Å². The summed E-state index contributed by atoms with van der Waals surface area (Å²) in [7, 11) is 0. The van der Waals surface area contributed by atoms with E-state index in [1.165, 1.54) is 11.1 Å². The summed E-state index contributed by atoms with van der Waals surface area (Å²) in [6, 6.07) is 16.4. The normalized spacial score (nSPS) is 10.8. The molecule has 0 fully saturated rings. The van der Waals surface area contributed by atoms with Crippen molar-refractivity contribution in [3.63, 3.8) is 0 Å². The van der Waals surface area contributed by atoms with Gasteiger partial charge < -0.3 is 10.5 Å². The van der Waals surface area contributed by atoms with Gasteiger partial charge in [-0.25, -0.2) is 0 Å². The number of rotatable bonds is 6. The predicted octanol–water partition coefficient (Wildman–Crippen LogP) is 4.40. The molecule has 0 aromatic heterocycles. The highest BCUT2D eigenvalue weighted by atomic mass is 16.5. The largest absolute Gasteiger partial charge is 0.494 e. The van der Waals surface area contributed by atoms with Crippen LogP contribution in [0.5, 0.6) is 5.75 Å². The van der Waals surface area contributed by atoms with E-state index in [4.69, 9.17) is 10.5 Å². The molecular formula is C18H23NO. The lowest BCUT2D eigenvalue weighted by Crippen LogP contribution is -2.00. The van der Waals surface area contributed by atoms with Crippen LogP contribution in [0.3, 0.4) is 0 Å². The second kappa shape index (κ2) is 6.99. The van der Waals surface area contributed by atoms with Gasteiger partial charge in [0.15, 0.2) is 0 Å². The topological polar surface area (TPSA) is 35.2 Å². The zero-order chi connectivity index (χ0) is 14.4. The van der Waals surface area contributed by atoms with Gasteiger partial charge in [-0.05, 0) is 54.2 Å². The summed E-state index contributed by atoms with van der Waals surface area (Å²) in [6.07, 6.45) is 1.99. The molecule has 2 heteroatoms. The fourth-order valence-electron chi connectivity index (χ4n) is 2.18. The smallest absolute Gasteiger partial charge is 0.119 e. The Morgan fingerprint density at radius 1 is 1.05 bits per heavy atom. The van der Waals surface area contributed by atoms with Crippen molar-refractivity contribution in [3.8, 4) is 5.75 Å². The van der Waals surface area contributed by atoms with Crippen molar-refractivity contribution in [1.82, 2.24) is 0 Å². The third-order valence-corrected chi connectivity index (χ3v) is 3.35. The Morgan fingerprint density at radius 3 is 2.60 bits per heavy atom. The van der Waals surface area contributed by atoms with Gasteiger partial charge in [-0.3, -0.25) is 0 Å². The molecule has 0 aliphatic heterocycles. The molecule has 0 heterocycles. The molecule has 0 aliphatic rings. The molecule has 0 radical (unpaired) electrons. The first-order chi connectivity index (χ1) is 9.65. The number of hydrogen-bond donors (Lipinski definition) is 1. The SMILES string of the molecule is CC(C)c1cccc(OCCCc2cccc(N)c2)c1.